The standard InChI is InChI=1S/C14H18N2O3/c1-2-15-14(19)16-8-7-10(9-16)11-5-3-4-6-12(11)13(17)18/h3-6,10H,2,7-9H2,1H3,(H,15,19)(H,17,18)/t10-/m0/s1. The summed E-state index contributed by atoms with van der Waals surface area (Å²) in [5.41, 5.74) is 1.16. The van der Waals surface area contributed by atoms with Crippen molar-refractivity contribution in [3.05, 3.63) is 35.4 Å². The van der Waals surface area contributed by atoms with Gasteiger partial charge in [0.1, 0.15) is 0 Å². The van der Waals surface area contributed by atoms with Crippen LogP contribution in [0.25, 0.3) is 0 Å². The third-order valence-electron chi connectivity index (χ3n) is 3.43. The molecule has 1 heterocycles. The fraction of sp³-hybridized carbons (Fsp3) is 0.429. The molecule has 1 atom stereocenters. The van der Waals surface area contributed by atoms with Crippen LogP contribution in [-0.4, -0.2) is 41.6 Å². The third-order valence-corrected chi connectivity index (χ3v) is 3.43. The number of rotatable bonds is 3. The highest BCUT2D eigenvalue weighted by molar-refractivity contribution is 5.89. The maximum absolute atomic E-state index is 11.7. The van der Waals surface area contributed by atoms with E-state index in [1.54, 1.807) is 17.0 Å². The van der Waals surface area contributed by atoms with Crippen LogP contribution in [0.4, 0.5) is 4.79 Å². The van der Waals surface area contributed by atoms with Gasteiger partial charge >= 0.3 is 12.0 Å². The van der Waals surface area contributed by atoms with E-state index < -0.39 is 5.97 Å². The van der Waals surface area contributed by atoms with Gasteiger partial charge in [0, 0.05) is 25.6 Å². The average molecular weight is 262 g/mol. The Morgan fingerprint density at radius 1 is 1.42 bits per heavy atom. The van der Waals surface area contributed by atoms with Crippen molar-refractivity contribution >= 4 is 12.0 Å². The van der Waals surface area contributed by atoms with Crippen molar-refractivity contribution in [1.82, 2.24) is 10.2 Å². The highest BCUT2D eigenvalue weighted by atomic mass is 16.4. The molecule has 5 heteroatoms. The topological polar surface area (TPSA) is 69.6 Å². The number of carbonyl (C=O) groups excluding carboxylic acids is 1. The molecule has 0 spiro atoms. The van der Waals surface area contributed by atoms with E-state index in [-0.39, 0.29) is 11.9 Å². The molecule has 2 amide bonds. The Bertz CT molecular complexity index is 487. The summed E-state index contributed by atoms with van der Waals surface area (Å²) in [6, 6.07) is 6.96. The van der Waals surface area contributed by atoms with Crippen molar-refractivity contribution in [1.29, 1.82) is 0 Å². The molecular formula is C14H18N2O3. The number of amides is 2. The number of carboxylic acids is 1. The summed E-state index contributed by atoms with van der Waals surface area (Å²) in [6.45, 7) is 3.73. The van der Waals surface area contributed by atoms with Crippen molar-refractivity contribution in [3.8, 4) is 0 Å². The van der Waals surface area contributed by atoms with Gasteiger partial charge in [-0.05, 0) is 25.0 Å². The lowest BCUT2D eigenvalue weighted by Gasteiger charge is -2.17. The van der Waals surface area contributed by atoms with Gasteiger partial charge < -0.3 is 15.3 Å². The van der Waals surface area contributed by atoms with E-state index in [4.69, 9.17) is 0 Å². The molecule has 0 aromatic heterocycles. The molecule has 0 saturated carbocycles. The Kier molecular flexibility index (Phi) is 4.04. The normalized spacial score (nSPS) is 18.4. The van der Waals surface area contributed by atoms with Crippen LogP contribution in [0.2, 0.25) is 0 Å². The number of nitrogens with zero attached hydrogens (tertiary/aromatic N) is 1. The van der Waals surface area contributed by atoms with Crippen molar-refractivity contribution < 1.29 is 14.7 Å². The molecular weight excluding hydrogens is 244 g/mol. The number of carbonyl (C=O) groups is 2. The fourth-order valence-electron chi connectivity index (χ4n) is 2.51. The molecule has 0 bridgehead atoms. The van der Waals surface area contributed by atoms with E-state index in [1.165, 1.54) is 0 Å². The first-order valence-electron chi connectivity index (χ1n) is 6.48. The smallest absolute Gasteiger partial charge is 0.335 e. The minimum Gasteiger partial charge on any atom is -0.478 e. The van der Waals surface area contributed by atoms with Crippen LogP contribution in [0, 0.1) is 0 Å². The highest BCUT2D eigenvalue weighted by Gasteiger charge is 2.29. The van der Waals surface area contributed by atoms with Crippen LogP contribution in [0.1, 0.15) is 35.2 Å². The van der Waals surface area contributed by atoms with Gasteiger partial charge in [0.15, 0.2) is 0 Å². The first-order chi connectivity index (χ1) is 9.13. The minimum absolute atomic E-state index is 0.0715. The average Bonchev–Trinajstić information content (AvgIpc) is 2.88. The van der Waals surface area contributed by atoms with Crippen LogP contribution < -0.4 is 5.32 Å². The van der Waals surface area contributed by atoms with Gasteiger partial charge in [0.05, 0.1) is 5.56 Å². The van der Waals surface area contributed by atoms with Crippen molar-refractivity contribution in [2.45, 2.75) is 19.3 Å². The quantitative estimate of drug-likeness (QED) is 0.874. The van der Waals surface area contributed by atoms with Gasteiger partial charge in [0.2, 0.25) is 0 Å². The van der Waals surface area contributed by atoms with E-state index in [9.17, 15) is 14.7 Å². The van der Waals surface area contributed by atoms with Crippen LogP contribution in [-0.2, 0) is 0 Å². The number of carboxylic acid groups (broad SMARTS) is 1. The van der Waals surface area contributed by atoms with Crippen molar-refractivity contribution in [2.75, 3.05) is 19.6 Å². The summed E-state index contributed by atoms with van der Waals surface area (Å²) in [5.74, 6) is -0.804. The maximum atomic E-state index is 11.7. The van der Waals surface area contributed by atoms with E-state index in [0.29, 0.717) is 25.2 Å². The van der Waals surface area contributed by atoms with E-state index in [2.05, 4.69) is 5.32 Å². The SMILES string of the molecule is CCNC(=O)N1CC[C@H](c2ccccc2C(=O)O)C1. The van der Waals surface area contributed by atoms with E-state index in [0.717, 1.165) is 12.0 Å². The minimum atomic E-state index is -0.910. The molecule has 0 radical (unpaired) electrons. The summed E-state index contributed by atoms with van der Waals surface area (Å²) < 4.78 is 0. The molecule has 1 aliphatic heterocycles. The molecule has 1 aromatic rings. The molecule has 1 fully saturated rings. The molecule has 1 aliphatic rings. The number of hydrogen-bond acceptors (Lipinski definition) is 2. The van der Waals surface area contributed by atoms with Crippen LogP contribution in [0.15, 0.2) is 24.3 Å². The lowest BCUT2D eigenvalue weighted by Crippen LogP contribution is -2.38. The van der Waals surface area contributed by atoms with Crippen LogP contribution in [0.3, 0.4) is 0 Å². The molecule has 0 unspecified atom stereocenters. The summed E-state index contributed by atoms with van der Waals surface area (Å²) in [5, 5.41) is 12.0. The van der Waals surface area contributed by atoms with Gasteiger partial charge in [-0.1, -0.05) is 18.2 Å². The second-order valence-corrected chi connectivity index (χ2v) is 4.66. The highest BCUT2D eigenvalue weighted by Crippen LogP contribution is 2.29. The molecule has 102 valence electrons. The fourth-order valence-corrected chi connectivity index (χ4v) is 2.51. The zero-order chi connectivity index (χ0) is 13.8. The predicted octanol–water partition coefficient (Wildman–Crippen LogP) is 1.90. The second-order valence-electron chi connectivity index (χ2n) is 4.66. The number of urea groups is 1. The van der Waals surface area contributed by atoms with Gasteiger partial charge in [-0.3, -0.25) is 0 Å². The summed E-state index contributed by atoms with van der Waals surface area (Å²) in [7, 11) is 0. The number of benzene rings is 1. The van der Waals surface area contributed by atoms with Gasteiger partial charge in [-0.15, -0.1) is 0 Å². The Morgan fingerprint density at radius 3 is 2.84 bits per heavy atom. The van der Waals surface area contributed by atoms with Gasteiger partial charge in [-0.2, -0.15) is 0 Å². The largest absolute Gasteiger partial charge is 0.478 e. The number of hydrogen-bond donors (Lipinski definition) is 2. The Balaban J connectivity index is 2.13. The summed E-state index contributed by atoms with van der Waals surface area (Å²) >= 11 is 0. The lowest BCUT2D eigenvalue weighted by molar-refractivity contribution is 0.0695. The van der Waals surface area contributed by atoms with Gasteiger partial charge in [-0.25, -0.2) is 9.59 Å². The zero-order valence-electron chi connectivity index (χ0n) is 10.9. The first-order valence-corrected chi connectivity index (χ1v) is 6.48. The van der Waals surface area contributed by atoms with Crippen LogP contribution >= 0.6 is 0 Å². The van der Waals surface area contributed by atoms with Crippen LogP contribution in [0.5, 0.6) is 0 Å². The van der Waals surface area contributed by atoms with Gasteiger partial charge in [0.25, 0.3) is 0 Å². The lowest BCUT2D eigenvalue weighted by atomic mass is 9.93. The monoisotopic (exact) mass is 262 g/mol. The van der Waals surface area contributed by atoms with Crippen molar-refractivity contribution in [2.24, 2.45) is 0 Å². The maximum Gasteiger partial charge on any atom is 0.335 e. The number of likely N-dealkylation sites (tertiary alicyclic amines) is 1. The first kappa shape index (κ1) is 13.4. The van der Waals surface area contributed by atoms with E-state index in [1.807, 2.05) is 19.1 Å². The van der Waals surface area contributed by atoms with Crippen molar-refractivity contribution in [3.63, 3.8) is 0 Å². The molecule has 2 rings (SSSR count). The Morgan fingerprint density at radius 2 is 2.16 bits per heavy atom. The Labute approximate surface area is 112 Å². The Hall–Kier alpha value is -2.04. The molecule has 2 N–H and O–H groups in total. The molecule has 19 heavy (non-hydrogen) atoms. The third kappa shape index (κ3) is 2.86. The summed E-state index contributed by atoms with van der Waals surface area (Å²) in [4.78, 5) is 24.7. The van der Waals surface area contributed by atoms with E-state index >= 15 is 0 Å². The predicted molar refractivity (Wildman–Crippen MR) is 71.4 cm³/mol. The molecule has 0 aliphatic carbocycles. The number of aromatic carboxylic acids is 1. The molecule has 1 saturated heterocycles. The number of nitrogens with one attached hydrogen (secondary N) is 1. The molecule has 1 aromatic carbocycles. The second kappa shape index (κ2) is 5.73. The summed E-state index contributed by atoms with van der Waals surface area (Å²) in [6.07, 6.45) is 0.807. The molecule has 5 nitrogen and oxygen atoms in total. The zero-order valence-corrected chi connectivity index (χ0v) is 10.9.